The second-order valence-corrected chi connectivity index (χ2v) is 4.96. The van der Waals surface area contributed by atoms with Crippen LogP contribution in [0.3, 0.4) is 0 Å². The van der Waals surface area contributed by atoms with Crippen molar-refractivity contribution < 1.29 is 14.3 Å². The van der Waals surface area contributed by atoms with Crippen molar-refractivity contribution in [1.82, 2.24) is 20.2 Å². The van der Waals surface area contributed by atoms with Crippen LogP contribution in [0.2, 0.25) is 0 Å². The molecule has 0 aliphatic carbocycles. The predicted molar refractivity (Wildman–Crippen MR) is 79.3 cm³/mol. The van der Waals surface area contributed by atoms with Crippen molar-refractivity contribution in [3.63, 3.8) is 0 Å². The van der Waals surface area contributed by atoms with Crippen molar-refractivity contribution in [2.75, 3.05) is 7.11 Å². The second-order valence-electron chi connectivity index (χ2n) is 4.96. The molecule has 1 aromatic heterocycles. The van der Waals surface area contributed by atoms with Gasteiger partial charge in [0.25, 0.3) is 0 Å². The average molecular weight is 304 g/mol. The molecule has 0 radical (unpaired) electrons. The van der Waals surface area contributed by atoms with Gasteiger partial charge in [0.15, 0.2) is 12.4 Å². The number of ether oxygens (including phenoxy) is 2. The van der Waals surface area contributed by atoms with E-state index in [2.05, 4.69) is 15.5 Å². The molecule has 118 valence electrons. The van der Waals surface area contributed by atoms with Crippen LogP contribution in [-0.2, 0) is 29.1 Å². The fourth-order valence-corrected chi connectivity index (χ4v) is 2.05. The summed E-state index contributed by atoms with van der Waals surface area (Å²) in [5.41, 5.74) is 1.87. The lowest BCUT2D eigenvalue weighted by Gasteiger charge is -2.08. The Morgan fingerprint density at radius 3 is 2.91 bits per heavy atom. The molecule has 0 aliphatic heterocycles. The Kier molecular flexibility index (Phi) is 5.46. The van der Waals surface area contributed by atoms with Crippen molar-refractivity contribution in [1.29, 1.82) is 0 Å². The lowest BCUT2D eigenvalue weighted by atomic mass is 10.1. The first-order valence-electron chi connectivity index (χ1n) is 7.18. The third-order valence-electron chi connectivity index (χ3n) is 3.22. The molecule has 0 fully saturated rings. The minimum atomic E-state index is -0.322. The van der Waals surface area contributed by atoms with Gasteiger partial charge in [-0.15, -0.1) is 5.10 Å². The first kappa shape index (κ1) is 15.9. The van der Waals surface area contributed by atoms with Gasteiger partial charge in [0.1, 0.15) is 5.75 Å². The summed E-state index contributed by atoms with van der Waals surface area (Å²) in [5, 5.41) is 11.3. The number of aromatic nitrogens is 4. The van der Waals surface area contributed by atoms with Gasteiger partial charge in [-0.25, -0.2) is 4.68 Å². The number of tetrazole rings is 1. The maximum Gasteiger partial charge on any atom is 0.310 e. The minimum Gasteiger partial charge on any atom is -0.496 e. The van der Waals surface area contributed by atoms with Crippen molar-refractivity contribution in [2.45, 2.75) is 39.8 Å². The summed E-state index contributed by atoms with van der Waals surface area (Å²) >= 11 is 0. The zero-order valence-electron chi connectivity index (χ0n) is 13.1. The first-order valence-corrected chi connectivity index (χ1v) is 7.18. The molecule has 1 aromatic carbocycles. The maximum atomic E-state index is 11.9. The van der Waals surface area contributed by atoms with Crippen LogP contribution in [0.4, 0.5) is 0 Å². The van der Waals surface area contributed by atoms with Crippen molar-refractivity contribution in [3.05, 3.63) is 35.2 Å². The van der Waals surface area contributed by atoms with E-state index in [0.29, 0.717) is 12.4 Å². The van der Waals surface area contributed by atoms with Gasteiger partial charge in [-0.05, 0) is 41.0 Å². The molecule has 0 amide bonds. The Morgan fingerprint density at radius 1 is 1.36 bits per heavy atom. The number of rotatable bonds is 7. The number of nitrogens with zero attached hydrogens (tertiary/aromatic N) is 4. The number of hydrogen-bond acceptors (Lipinski definition) is 6. The highest BCUT2D eigenvalue weighted by Gasteiger charge is 2.11. The van der Waals surface area contributed by atoms with Crippen LogP contribution in [0.5, 0.6) is 5.75 Å². The largest absolute Gasteiger partial charge is 0.496 e. The molecule has 7 nitrogen and oxygen atoms in total. The molecule has 7 heteroatoms. The summed E-state index contributed by atoms with van der Waals surface area (Å²) in [4.78, 5) is 11.9. The lowest BCUT2D eigenvalue weighted by Crippen LogP contribution is -2.12. The van der Waals surface area contributed by atoms with Crippen molar-refractivity contribution >= 4 is 5.97 Å². The maximum absolute atomic E-state index is 11.9. The molecule has 0 atom stereocenters. The number of esters is 1. The Bertz CT molecular complexity index is 639. The zero-order valence-corrected chi connectivity index (χ0v) is 13.1. The first-order chi connectivity index (χ1) is 10.6. The van der Waals surface area contributed by atoms with E-state index in [9.17, 15) is 4.79 Å². The third kappa shape index (κ3) is 4.03. The molecule has 0 saturated carbocycles. The van der Waals surface area contributed by atoms with Crippen molar-refractivity contribution in [2.24, 2.45) is 0 Å². The van der Waals surface area contributed by atoms with Gasteiger partial charge < -0.3 is 9.47 Å². The fourth-order valence-electron chi connectivity index (χ4n) is 2.05. The second kappa shape index (κ2) is 7.53. The van der Waals surface area contributed by atoms with E-state index in [4.69, 9.17) is 9.47 Å². The molecule has 0 aliphatic rings. The fraction of sp³-hybridized carbons (Fsp3) is 0.467. The monoisotopic (exact) mass is 304 g/mol. The van der Waals surface area contributed by atoms with Gasteiger partial charge in [0, 0.05) is 6.54 Å². The summed E-state index contributed by atoms with van der Waals surface area (Å²) in [7, 11) is 1.61. The van der Waals surface area contributed by atoms with Crippen LogP contribution >= 0.6 is 0 Å². The van der Waals surface area contributed by atoms with Crippen LogP contribution in [0.25, 0.3) is 0 Å². The zero-order chi connectivity index (χ0) is 15.9. The quantitative estimate of drug-likeness (QED) is 0.724. The van der Waals surface area contributed by atoms with Gasteiger partial charge in [0.2, 0.25) is 0 Å². The number of benzene rings is 1. The van der Waals surface area contributed by atoms with Crippen LogP contribution in [0, 0.1) is 6.92 Å². The molecule has 0 spiro atoms. The highest BCUT2D eigenvalue weighted by atomic mass is 16.5. The molecular formula is C15H20N4O3. The molecule has 0 N–H and O–H groups in total. The van der Waals surface area contributed by atoms with Gasteiger partial charge >= 0.3 is 5.97 Å². The van der Waals surface area contributed by atoms with Crippen LogP contribution < -0.4 is 4.74 Å². The van der Waals surface area contributed by atoms with Crippen molar-refractivity contribution in [3.8, 4) is 5.75 Å². The number of aryl methyl sites for hydroxylation is 2. The summed E-state index contributed by atoms with van der Waals surface area (Å²) < 4.78 is 12.1. The van der Waals surface area contributed by atoms with E-state index in [1.165, 1.54) is 0 Å². The SMILES string of the molecule is CCCn1nnnc1COC(=O)Cc1ccc(C)c(OC)c1. The molecule has 2 rings (SSSR count). The molecule has 0 unspecified atom stereocenters. The normalized spacial score (nSPS) is 10.5. The number of methoxy groups -OCH3 is 1. The van der Waals surface area contributed by atoms with Crippen LogP contribution in [-0.4, -0.2) is 33.3 Å². The lowest BCUT2D eigenvalue weighted by molar-refractivity contribution is -0.144. The van der Waals surface area contributed by atoms with Gasteiger partial charge in [0.05, 0.1) is 13.5 Å². The molecule has 1 heterocycles. The highest BCUT2D eigenvalue weighted by molar-refractivity contribution is 5.72. The van der Waals surface area contributed by atoms with E-state index in [1.54, 1.807) is 11.8 Å². The van der Waals surface area contributed by atoms with E-state index in [1.807, 2.05) is 32.0 Å². The average Bonchev–Trinajstić information content (AvgIpc) is 2.95. The number of carbonyl (C=O) groups is 1. The highest BCUT2D eigenvalue weighted by Crippen LogP contribution is 2.19. The van der Waals surface area contributed by atoms with E-state index >= 15 is 0 Å². The molecule has 2 aromatic rings. The summed E-state index contributed by atoms with van der Waals surface area (Å²) in [6.07, 6.45) is 1.10. The molecule has 0 saturated heterocycles. The van der Waals surface area contributed by atoms with E-state index in [-0.39, 0.29) is 19.0 Å². The van der Waals surface area contributed by atoms with Gasteiger partial charge in [-0.3, -0.25) is 4.79 Å². The third-order valence-corrected chi connectivity index (χ3v) is 3.22. The Hall–Kier alpha value is -2.44. The summed E-state index contributed by atoms with van der Waals surface area (Å²) in [6, 6.07) is 5.65. The number of carbonyl (C=O) groups excluding carboxylic acids is 1. The Labute approximate surface area is 129 Å². The molecule has 22 heavy (non-hydrogen) atoms. The smallest absolute Gasteiger partial charge is 0.310 e. The topological polar surface area (TPSA) is 79.1 Å². The standard InChI is InChI=1S/C15H20N4O3/c1-4-7-19-14(16-17-18-19)10-22-15(20)9-12-6-5-11(2)13(8-12)21-3/h5-6,8H,4,7,9-10H2,1-3H3. The van der Waals surface area contributed by atoms with Gasteiger partial charge in [-0.1, -0.05) is 19.1 Å². The number of hydrogen-bond donors (Lipinski definition) is 0. The van der Waals surface area contributed by atoms with E-state index in [0.717, 1.165) is 23.3 Å². The minimum absolute atomic E-state index is 0.0782. The van der Waals surface area contributed by atoms with E-state index < -0.39 is 0 Å². The van der Waals surface area contributed by atoms with Crippen LogP contribution in [0.15, 0.2) is 18.2 Å². The summed E-state index contributed by atoms with van der Waals surface area (Å²) in [5.74, 6) is 0.992. The summed E-state index contributed by atoms with van der Waals surface area (Å²) in [6.45, 7) is 4.76. The van der Waals surface area contributed by atoms with Crippen LogP contribution in [0.1, 0.15) is 30.3 Å². The Morgan fingerprint density at radius 2 is 2.18 bits per heavy atom. The predicted octanol–water partition coefficient (Wildman–Crippen LogP) is 1.69. The Balaban J connectivity index is 1.91. The van der Waals surface area contributed by atoms with Gasteiger partial charge in [-0.2, -0.15) is 0 Å². The molecule has 0 bridgehead atoms. The molecular weight excluding hydrogens is 284 g/mol.